The van der Waals surface area contributed by atoms with Gasteiger partial charge in [-0.2, -0.15) is 0 Å². The second-order valence-corrected chi connectivity index (χ2v) is 12.3. The maximum absolute atomic E-state index is 14.0. The molecular formula is C31H38ClN3O4S. The third-order valence-corrected chi connectivity index (χ3v) is 9.23. The first kappa shape index (κ1) is 31.2. The van der Waals surface area contributed by atoms with Crippen LogP contribution in [0.4, 0.5) is 5.69 Å². The Balaban J connectivity index is 2.01. The molecule has 0 bridgehead atoms. The monoisotopic (exact) mass is 583 g/mol. The number of sulfonamides is 1. The zero-order valence-corrected chi connectivity index (χ0v) is 25.3. The normalized spacial score (nSPS) is 12.8. The minimum atomic E-state index is -4.15. The predicted molar refractivity (Wildman–Crippen MR) is 161 cm³/mol. The summed E-state index contributed by atoms with van der Waals surface area (Å²) in [7, 11) is -4.15. The van der Waals surface area contributed by atoms with Crippen molar-refractivity contribution in [2.45, 2.75) is 64.4 Å². The summed E-state index contributed by atoms with van der Waals surface area (Å²) in [6, 6.07) is 20.2. The molecule has 40 heavy (non-hydrogen) atoms. The van der Waals surface area contributed by atoms with Crippen molar-refractivity contribution >= 4 is 39.1 Å². The fourth-order valence-corrected chi connectivity index (χ4v) is 5.89. The summed E-state index contributed by atoms with van der Waals surface area (Å²) in [5, 5.41) is 3.33. The zero-order valence-electron chi connectivity index (χ0n) is 23.7. The highest BCUT2D eigenvalue weighted by atomic mass is 35.5. The highest BCUT2D eigenvalue weighted by Gasteiger charge is 2.33. The molecule has 0 saturated heterocycles. The molecule has 3 rings (SSSR count). The first-order valence-corrected chi connectivity index (χ1v) is 15.3. The molecule has 7 nitrogen and oxygen atoms in total. The number of hydrogen-bond acceptors (Lipinski definition) is 4. The predicted octanol–water partition coefficient (Wildman–Crippen LogP) is 5.53. The second kappa shape index (κ2) is 13.8. The average Bonchev–Trinajstić information content (AvgIpc) is 2.94. The number of carbonyl (C=O) groups is 2. The van der Waals surface area contributed by atoms with Crippen LogP contribution in [-0.4, -0.2) is 50.3 Å². The van der Waals surface area contributed by atoms with Gasteiger partial charge in [-0.15, -0.1) is 0 Å². The van der Waals surface area contributed by atoms with Gasteiger partial charge in [0.1, 0.15) is 12.6 Å². The minimum absolute atomic E-state index is 0.0590. The molecule has 0 aliphatic carbocycles. The Labute approximate surface area is 243 Å². The molecule has 214 valence electrons. The molecule has 0 saturated carbocycles. The van der Waals surface area contributed by atoms with Crippen LogP contribution in [0.5, 0.6) is 0 Å². The number of nitrogens with one attached hydrogen (secondary N) is 1. The Bertz CT molecular complexity index is 1410. The Morgan fingerprint density at radius 2 is 1.57 bits per heavy atom. The number of rotatable bonds is 12. The van der Waals surface area contributed by atoms with E-state index in [9.17, 15) is 18.0 Å². The van der Waals surface area contributed by atoms with Crippen LogP contribution in [0.1, 0.15) is 43.9 Å². The van der Waals surface area contributed by atoms with Crippen LogP contribution < -0.4 is 9.62 Å². The van der Waals surface area contributed by atoms with E-state index >= 15 is 0 Å². The van der Waals surface area contributed by atoms with Gasteiger partial charge in [-0.3, -0.25) is 13.9 Å². The smallest absolute Gasteiger partial charge is 0.264 e. The lowest BCUT2D eigenvalue weighted by Crippen LogP contribution is -2.53. The molecule has 2 amide bonds. The molecule has 0 fully saturated rings. The Kier molecular flexibility index (Phi) is 10.8. The first-order valence-electron chi connectivity index (χ1n) is 13.4. The maximum Gasteiger partial charge on any atom is 0.264 e. The molecule has 3 aromatic rings. The molecule has 1 N–H and O–H groups in total. The van der Waals surface area contributed by atoms with Gasteiger partial charge in [0.25, 0.3) is 10.0 Å². The van der Waals surface area contributed by atoms with Gasteiger partial charge in [0.05, 0.1) is 10.6 Å². The lowest BCUT2D eigenvalue weighted by Gasteiger charge is -2.33. The molecule has 9 heteroatoms. The molecule has 0 aliphatic rings. The zero-order chi connectivity index (χ0) is 29.4. The number of halogens is 1. The summed E-state index contributed by atoms with van der Waals surface area (Å²) in [6.07, 6.45) is 1.25. The van der Waals surface area contributed by atoms with Crippen molar-refractivity contribution < 1.29 is 18.0 Å². The van der Waals surface area contributed by atoms with Crippen molar-refractivity contribution in [2.24, 2.45) is 0 Å². The van der Waals surface area contributed by atoms with E-state index in [2.05, 4.69) is 5.32 Å². The number of anilines is 1. The summed E-state index contributed by atoms with van der Waals surface area (Å²) in [6.45, 7) is 8.88. The average molecular weight is 584 g/mol. The van der Waals surface area contributed by atoms with E-state index in [1.54, 1.807) is 44.2 Å². The van der Waals surface area contributed by atoms with E-state index < -0.39 is 28.5 Å². The van der Waals surface area contributed by atoms with Crippen molar-refractivity contribution in [3.8, 4) is 0 Å². The molecule has 0 radical (unpaired) electrons. The highest BCUT2D eigenvalue weighted by molar-refractivity contribution is 7.92. The molecule has 0 heterocycles. The summed E-state index contributed by atoms with van der Waals surface area (Å²) < 4.78 is 29.0. The first-order chi connectivity index (χ1) is 18.9. The van der Waals surface area contributed by atoms with Crippen LogP contribution in [0.15, 0.2) is 77.7 Å². The van der Waals surface area contributed by atoms with Crippen LogP contribution in [0.3, 0.4) is 0 Å². The van der Waals surface area contributed by atoms with Crippen molar-refractivity contribution in [3.05, 3.63) is 94.5 Å². The largest absolute Gasteiger partial charge is 0.352 e. The van der Waals surface area contributed by atoms with E-state index in [0.717, 1.165) is 21.9 Å². The quantitative estimate of drug-likeness (QED) is 0.304. The van der Waals surface area contributed by atoms with E-state index in [1.165, 1.54) is 17.0 Å². The highest BCUT2D eigenvalue weighted by Crippen LogP contribution is 2.31. The van der Waals surface area contributed by atoms with Crippen molar-refractivity contribution in [1.82, 2.24) is 10.2 Å². The fraction of sp³-hybridized carbons (Fsp3) is 0.355. The Morgan fingerprint density at radius 3 is 2.20 bits per heavy atom. The lowest BCUT2D eigenvalue weighted by atomic mass is 10.1. The van der Waals surface area contributed by atoms with Crippen molar-refractivity contribution in [3.63, 3.8) is 0 Å². The van der Waals surface area contributed by atoms with Gasteiger partial charge in [0.2, 0.25) is 11.8 Å². The van der Waals surface area contributed by atoms with Crippen LogP contribution in [0, 0.1) is 13.8 Å². The number of aryl methyl sites for hydroxylation is 1. The topological polar surface area (TPSA) is 86.8 Å². The van der Waals surface area contributed by atoms with Crippen LogP contribution in [0.25, 0.3) is 0 Å². The number of hydrogen-bond donors (Lipinski definition) is 1. The SMILES string of the molecule is CC[C@H](C)NC(=O)[C@@H](C)N(CCc1ccccc1)C(=O)CN(c1cccc(Cl)c1C)S(=O)(=O)c1ccc(C)cc1. The molecule has 2 atom stereocenters. The Morgan fingerprint density at radius 1 is 0.925 bits per heavy atom. The third kappa shape index (κ3) is 7.64. The molecule has 0 aromatic heterocycles. The third-order valence-electron chi connectivity index (χ3n) is 7.05. The summed E-state index contributed by atoms with van der Waals surface area (Å²) in [5.74, 6) is -0.777. The fourth-order valence-electron chi connectivity index (χ4n) is 4.25. The maximum atomic E-state index is 14.0. The van der Waals surface area contributed by atoms with Gasteiger partial charge in [-0.25, -0.2) is 8.42 Å². The van der Waals surface area contributed by atoms with Gasteiger partial charge < -0.3 is 10.2 Å². The van der Waals surface area contributed by atoms with Crippen LogP contribution >= 0.6 is 11.6 Å². The van der Waals surface area contributed by atoms with E-state index in [4.69, 9.17) is 11.6 Å². The number of amides is 2. The second-order valence-electron chi connectivity index (χ2n) is 10.0. The van der Waals surface area contributed by atoms with Crippen LogP contribution in [-0.2, 0) is 26.0 Å². The molecular weight excluding hydrogens is 546 g/mol. The van der Waals surface area contributed by atoms with Gasteiger partial charge >= 0.3 is 0 Å². The summed E-state index contributed by atoms with van der Waals surface area (Å²) in [5.41, 5.74) is 2.76. The van der Waals surface area contributed by atoms with E-state index in [0.29, 0.717) is 22.7 Å². The number of nitrogens with zero attached hydrogens (tertiary/aromatic N) is 2. The van der Waals surface area contributed by atoms with E-state index in [-0.39, 0.29) is 23.4 Å². The summed E-state index contributed by atoms with van der Waals surface area (Å²) in [4.78, 5) is 28.6. The van der Waals surface area contributed by atoms with E-state index in [1.807, 2.05) is 51.1 Å². The number of benzene rings is 3. The Hall–Kier alpha value is -3.36. The standard InChI is InChI=1S/C31H38ClN3O4S/c1-6-23(3)33-31(37)25(5)34(20-19-26-11-8-7-9-12-26)30(36)21-35(29-14-10-13-28(32)24(29)4)40(38,39)27-17-15-22(2)16-18-27/h7-18,23,25H,6,19-21H2,1-5H3,(H,33,37)/t23-,25+/m0/s1. The molecule has 0 unspecified atom stereocenters. The van der Waals surface area contributed by atoms with Gasteiger partial charge in [-0.05, 0) is 75.9 Å². The van der Waals surface area contributed by atoms with Gasteiger partial charge in [0, 0.05) is 17.6 Å². The lowest BCUT2D eigenvalue weighted by molar-refractivity contribution is -0.139. The summed E-state index contributed by atoms with van der Waals surface area (Å²) >= 11 is 6.38. The molecule has 0 aliphatic heterocycles. The van der Waals surface area contributed by atoms with Gasteiger partial charge in [0.15, 0.2) is 0 Å². The molecule has 0 spiro atoms. The number of carbonyl (C=O) groups excluding carboxylic acids is 2. The van der Waals surface area contributed by atoms with Crippen molar-refractivity contribution in [2.75, 3.05) is 17.4 Å². The minimum Gasteiger partial charge on any atom is -0.352 e. The molecule has 3 aromatic carbocycles. The van der Waals surface area contributed by atoms with Crippen LogP contribution in [0.2, 0.25) is 5.02 Å². The van der Waals surface area contributed by atoms with Gasteiger partial charge in [-0.1, -0.05) is 72.6 Å². The van der Waals surface area contributed by atoms with Crippen molar-refractivity contribution in [1.29, 1.82) is 0 Å².